The molecule has 0 atom stereocenters. The highest BCUT2D eigenvalue weighted by molar-refractivity contribution is 6.34. The van der Waals surface area contributed by atoms with Crippen LogP contribution in [0.1, 0.15) is 12.8 Å². The van der Waals surface area contributed by atoms with E-state index >= 15 is 0 Å². The third-order valence-corrected chi connectivity index (χ3v) is 6.84. The zero-order valence-electron chi connectivity index (χ0n) is 18.2. The van der Waals surface area contributed by atoms with E-state index in [4.69, 9.17) is 16.6 Å². The number of anilines is 2. The van der Waals surface area contributed by atoms with Gasteiger partial charge in [0.15, 0.2) is 5.65 Å². The number of rotatable bonds is 4. The van der Waals surface area contributed by atoms with Crippen molar-refractivity contribution in [3.05, 3.63) is 35.5 Å². The lowest BCUT2D eigenvalue weighted by Gasteiger charge is -2.34. The molecule has 4 heterocycles. The number of imidazole rings is 1. The number of benzene rings is 1. The summed E-state index contributed by atoms with van der Waals surface area (Å²) in [6.45, 7) is 6.52. The summed E-state index contributed by atoms with van der Waals surface area (Å²) in [6, 6.07) is 9.06. The molecule has 0 aliphatic carbocycles. The Morgan fingerprint density at radius 1 is 0.968 bits per heavy atom. The van der Waals surface area contributed by atoms with E-state index < -0.39 is 0 Å². The molecular formula is C23H30ClN7. The van der Waals surface area contributed by atoms with Crippen LogP contribution in [0.5, 0.6) is 0 Å². The SMILES string of the molecule is CN1CCC(Nc2c(Cl)cnc3nc(-c4ccc(N5CCN(C)CC5)cc4)[nH]c23)CC1. The smallest absolute Gasteiger partial charge is 0.180 e. The van der Waals surface area contributed by atoms with Crippen molar-refractivity contribution in [2.24, 2.45) is 0 Å². The van der Waals surface area contributed by atoms with E-state index in [1.807, 2.05) is 0 Å². The maximum atomic E-state index is 6.53. The van der Waals surface area contributed by atoms with Crippen LogP contribution in [0.15, 0.2) is 30.5 Å². The monoisotopic (exact) mass is 439 g/mol. The van der Waals surface area contributed by atoms with Crippen molar-refractivity contribution in [3.8, 4) is 11.4 Å². The molecule has 0 amide bonds. The molecule has 2 N–H and O–H groups in total. The van der Waals surface area contributed by atoms with Crippen molar-refractivity contribution in [3.63, 3.8) is 0 Å². The Morgan fingerprint density at radius 2 is 1.65 bits per heavy atom. The van der Waals surface area contributed by atoms with Gasteiger partial charge in [0.05, 0.1) is 16.9 Å². The maximum Gasteiger partial charge on any atom is 0.180 e. The Balaban J connectivity index is 1.38. The summed E-state index contributed by atoms with van der Waals surface area (Å²) in [7, 11) is 4.35. The van der Waals surface area contributed by atoms with Gasteiger partial charge in [0.2, 0.25) is 0 Å². The zero-order chi connectivity index (χ0) is 21.4. The minimum absolute atomic E-state index is 0.411. The van der Waals surface area contributed by atoms with Gasteiger partial charge < -0.3 is 25.0 Å². The van der Waals surface area contributed by atoms with E-state index in [0.29, 0.717) is 16.7 Å². The second-order valence-corrected chi connectivity index (χ2v) is 9.23. The second-order valence-electron chi connectivity index (χ2n) is 8.82. The highest BCUT2D eigenvalue weighted by Gasteiger charge is 2.20. The number of fused-ring (bicyclic) bond motifs is 1. The third-order valence-electron chi connectivity index (χ3n) is 6.55. The molecule has 1 aromatic carbocycles. The van der Waals surface area contributed by atoms with Gasteiger partial charge in [-0.25, -0.2) is 9.97 Å². The molecule has 2 fully saturated rings. The molecule has 31 heavy (non-hydrogen) atoms. The van der Waals surface area contributed by atoms with Crippen LogP contribution in [0.4, 0.5) is 11.4 Å². The first-order chi connectivity index (χ1) is 15.1. The number of hydrogen-bond acceptors (Lipinski definition) is 6. The molecule has 0 spiro atoms. The Hall–Kier alpha value is -2.35. The van der Waals surface area contributed by atoms with Crippen LogP contribution in [-0.2, 0) is 0 Å². The third kappa shape index (κ3) is 4.35. The molecule has 3 aromatic rings. The number of aromatic amines is 1. The quantitative estimate of drug-likeness (QED) is 0.648. The van der Waals surface area contributed by atoms with Gasteiger partial charge >= 0.3 is 0 Å². The fourth-order valence-electron chi connectivity index (χ4n) is 4.46. The molecule has 164 valence electrons. The minimum atomic E-state index is 0.411. The van der Waals surface area contributed by atoms with Crippen molar-refractivity contribution in [2.45, 2.75) is 18.9 Å². The number of piperidine rings is 1. The van der Waals surface area contributed by atoms with Gasteiger partial charge in [0.25, 0.3) is 0 Å². The summed E-state index contributed by atoms with van der Waals surface area (Å²) in [4.78, 5) is 19.8. The number of pyridine rings is 1. The van der Waals surface area contributed by atoms with Crippen LogP contribution in [0, 0.1) is 0 Å². The molecule has 2 aromatic heterocycles. The average Bonchev–Trinajstić information content (AvgIpc) is 3.22. The normalized spacial score (nSPS) is 19.3. The largest absolute Gasteiger partial charge is 0.379 e. The maximum absolute atomic E-state index is 6.53. The number of hydrogen-bond donors (Lipinski definition) is 2. The lowest BCUT2D eigenvalue weighted by atomic mass is 10.1. The van der Waals surface area contributed by atoms with Crippen LogP contribution in [0.3, 0.4) is 0 Å². The van der Waals surface area contributed by atoms with E-state index in [1.54, 1.807) is 6.20 Å². The Labute approximate surface area is 188 Å². The summed E-state index contributed by atoms with van der Waals surface area (Å²) in [5.74, 6) is 0.820. The predicted molar refractivity (Wildman–Crippen MR) is 128 cm³/mol. The minimum Gasteiger partial charge on any atom is -0.379 e. The van der Waals surface area contributed by atoms with Crippen LogP contribution >= 0.6 is 11.6 Å². The number of aromatic nitrogens is 3. The molecule has 2 saturated heterocycles. The standard InChI is InChI=1S/C23H30ClN7/c1-29-9-7-17(8-10-29)26-20-19(24)15-25-23-21(20)27-22(28-23)16-3-5-18(6-4-16)31-13-11-30(2)12-14-31/h3-6,15,17H,7-14H2,1-2H3,(H2,25,26,27,28). The van der Waals surface area contributed by atoms with Crippen LogP contribution < -0.4 is 10.2 Å². The Bertz CT molecular complexity index is 1030. The number of nitrogens with zero attached hydrogens (tertiary/aromatic N) is 5. The summed E-state index contributed by atoms with van der Waals surface area (Å²) >= 11 is 6.53. The van der Waals surface area contributed by atoms with E-state index in [0.717, 1.165) is 74.7 Å². The fraction of sp³-hybridized carbons (Fsp3) is 0.478. The number of halogens is 1. The van der Waals surface area contributed by atoms with Crippen molar-refractivity contribution < 1.29 is 0 Å². The second kappa shape index (κ2) is 8.65. The van der Waals surface area contributed by atoms with Crippen LogP contribution in [0.25, 0.3) is 22.6 Å². The first kappa shape index (κ1) is 20.5. The summed E-state index contributed by atoms with van der Waals surface area (Å²) < 4.78 is 0. The van der Waals surface area contributed by atoms with E-state index in [1.165, 1.54) is 5.69 Å². The van der Waals surface area contributed by atoms with Gasteiger partial charge in [-0.1, -0.05) is 11.6 Å². The van der Waals surface area contributed by atoms with Gasteiger partial charge in [-0.05, 0) is 64.3 Å². The van der Waals surface area contributed by atoms with Crippen LogP contribution in [-0.4, -0.2) is 84.2 Å². The molecule has 5 rings (SSSR count). The van der Waals surface area contributed by atoms with Gasteiger partial charge in [-0.3, -0.25) is 0 Å². The van der Waals surface area contributed by atoms with Crippen LogP contribution in [0.2, 0.25) is 5.02 Å². The highest BCUT2D eigenvalue weighted by Crippen LogP contribution is 2.32. The summed E-state index contributed by atoms with van der Waals surface area (Å²) in [5, 5.41) is 4.28. The first-order valence-electron chi connectivity index (χ1n) is 11.1. The summed E-state index contributed by atoms with van der Waals surface area (Å²) in [6.07, 6.45) is 3.90. The van der Waals surface area contributed by atoms with E-state index in [2.05, 4.69) is 68.3 Å². The summed E-state index contributed by atoms with van der Waals surface area (Å²) in [5.41, 5.74) is 4.80. The highest BCUT2D eigenvalue weighted by atomic mass is 35.5. The number of piperazine rings is 1. The Morgan fingerprint density at radius 3 is 2.35 bits per heavy atom. The van der Waals surface area contributed by atoms with Crippen molar-refractivity contribution in [1.29, 1.82) is 0 Å². The molecule has 0 saturated carbocycles. The Kier molecular flexibility index (Phi) is 5.73. The number of H-pyrrole nitrogens is 1. The molecule has 8 heteroatoms. The lowest BCUT2D eigenvalue weighted by Crippen LogP contribution is -2.44. The van der Waals surface area contributed by atoms with Crippen molar-refractivity contribution in [2.75, 3.05) is 63.6 Å². The topological polar surface area (TPSA) is 63.3 Å². The number of nitrogens with one attached hydrogen (secondary N) is 2. The van der Waals surface area contributed by atoms with Gasteiger partial charge in [-0.2, -0.15) is 0 Å². The zero-order valence-corrected chi connectivity index (χ0v) is 19.0. The molecule has 0 bridgehead atoms. The number of likely N-dealkylation sites (N-methyl/N-ethyl adjacent to an activating group) is 1. The van der Waals surface area contributed by atoms with E-state index in [9.17, 15) is 0 Å². The fourth-order valence-corrected chi connectivity index (χ4v) is 4.66. The lowest BCUT2D eigenvalue weighted by molar-refractivity contribution is 0.264. The van der Waals surface area contributed by atoms with Gasteiger partial charge in [0, 0.05) is 43.5 Å². The molecule has 2 aliphatic heterocycles. The van der Waals surface area contributed by atoms with Gasteiger partial charge in [0.1, 0.15) is 11.3 Å². The molecule has 2 aliphatic rings. The molecule has 7 nitrogen and oxygen atoms in total. The first-order valence-corrected chi connectivity index (χ1v) is 11.5. The van der Waals surface area contributed by atoms with Crippen molar-refractivity contribution >= 4 is 34.1 Å². The average molecular weight is 440 g/mol. The predicted octanol–water partition coefficient (Wildman–Crippen LogP) is 3.54. The molecule has 0 radical (unpaired) electrons. The van der Waals surface area contributed by atoms with Gasteiger partial charge in [-0.15, -0.1) is 0 Å². The molecule has 0 unspecified atom stereocenters. The molecular weight excluding hydrogens is 410 g/mol. The number of likely N-dealkylation sites (tertiary alicyclic amines) is 1. The van der Waals surface area contributed by atoms with Crippen molar-refractivity contribution in [1.82, 2.24) is 24.8 Å². The van der Waals surface area contributed by atoms with E-state index in [-0.39, 0.29) is 0 Å².